The van der Waals surface area contributed by atoms with Crippen LogP contribution in [0.25, 0.3) is 10.8 Å². The average Bonchev–Trinajstić information content (AvgIpc) is 3.16. The van der Waals surface area contributed by atoms with Gasteiger partial charge in [0.15, 0.2) is 0 Å². The first-order valence-electron chi connectivity index (χ1n) is 9.85. The van der Waals surface area contributed by atoms with Crippen molar-refractivity contribution in [3.8, 4) is 0 Å². The monoisotopic (exact) mass is 388 g/mol. The van der Waals surface area contributed by atoms with Gasteiger partial charge in [-0.05, 0) is 48.2 Å². The van der Waals surface area contributed by atoms with E-state index in [1.54, 1.807) is 11.8 Å². The molecule has 0 aromatic heterocycles. The van der Waals surface area contributed by atoms with Crippen molar-refractivity contribution in [2.45, 2.75) is 31.9 Å². The van der Waals surface area contributed by atoms with Gasteiger partial charge in [-0.3, -0.25) is 9.69 Å². The van der Waals surface area contributed by atoms with Crippen molar-refractivity contribution >= 4 is 28.5 Å². The molecule has 3 aromatic rings. The van der Waals surface area contributed by atoms with E-state index < -0.39 is 11.6 Å². The molecule has 3 aromatic carbocycles. The lowest BCUT2D eigenvalue weighted by molar-refractivity contribution is -0.125. The molecule has 4 rings (SSSR count). The highest BCUT2D eigenvalue weighted by molar-refractivity contribution is 6.01. The van der Waals surface area contributed by atoms with Gasteiger partial charge in [-0.1, -0.05) is 60.7 Å². The Morgan fingerprint density at radius 1 is 1.00 bits per heavy atom. The molecule has 1 unspecified atom stereocenters. The van der Waals surface area contributed by atoms with Gasteiger partial charge in [0.25, 0.3) is 0 Å². The lowest BCUT2D eigenvalue weighted by atomic mass is 9.97. The average molecular weight is 388 g/mol. The van der Waals surface area contributed by atoms with Gasteiger partial charge in [0.1, 0.15) is 12.1 Å². The van der Waals surface area contributed by atoms with E-state index in [9.17, 15) is 9.59 Å². The number of fused-ring (bicyclic) bond motifs is 1. The van der Waals surface area contributed by atoms with Gasteiger partial charge in [0, 0.05) is 12.2 Å². The van der Waals surface area contributed by atoms with Crippen LogP contribution in [0.5, 0.6) is 0 Å². The molecule has 0 spiro atoms. The zero-order chi connectivity index (χ0) is 20.3. The summed E-state index contributed by atoms with van der Waals surface area (Å²) >= 11 is 0. The molecule has 29 heavy (non-hydrogen) atoms. The zero-order valence-corrected chi connectivity index (χ0v) is 16.4. The summed E-state index contributed by atoms with van der Waals surface area (Å²) in [4.78, 5) is 27.3. The molecular weight excluding hydrogens is 364 g/mol. The van der Waals surface area contributed by atoms with Crippen LogP contribution in [0.3, 0.4) is 0 Å². The molecule has 1 N–H and O–H groups in total. The van der Waals surface area contributed by atoms with Crippen LogP contribution >= 0.6 is 0 Å². The van der Waals surface area contributed by atoms with Crippen molar-refractivity contribution in [3.63, 3.8) is 0 Å². The summed E-state index contributed by atoms with van der Waals surface area (Å²) in [6.07, 6.45) is 0.914. The van der Waals surface area contributed by atoms with Gasteiger partial charge < -0.3 is 10.1 Å². The molecule has 1 saturated heterocycles. The van der Waals surface area contributed by atoms with Crippen LogP contribution in [-0.4, -0.2) is 29.0 Å². The quantitative estimate of drug-likeness (QED) is 0.686. The van der Waals surface area contributed by atoms with E-state index in [0.29, 0.717) is 13.0 Å². The molecule has 1 aliphatic rings. The number of benzene rings is 3. The molecule has 5 heteroatoms. The Hall–Kier alpha value is -3.34. The first kappa shape index (κ1) is 19.0. The standard InChI is InChI=1S/C24H24N2O3/c1-24(22(27)25-21-13-12-19-10-5-6-11-20(19)16-21)14-7-15-26(24)23(28)29-17-18-8-3-2-4-9-18/h2-6,8-13,16H,7,14-15,17H2,1H3,(H,25,27). The van der Waals surface area contributed by atoms with Crippen LogP contribution in [0.4, 0.5) is 10.5 Å². The highest BCUT2D eigenvalue weighted by Gasteiger charge is 2.46. The van der Waals surface area contributed by atoms with Crippen molar-refractivity contribution in [3.05, 3.63) is 78.4 Å². The van der Waals surface area contributed by atoms with Crippen molar-refractivity contribution in [2.75, 3.05) is 11.9 Å². The molecular formula is C24H24N2O3. The van der Waals surface area contributed by atoms with Gasteiger partial charge >= 0.3 is 6.09 Å². The molecule has 1 aliphatic heterocycles. The molecule has 2 amide bonds. The molecule has 0 bridgehead atoms. The van der Waals surface area contributed by atoms with Crippen LogP contribution in [0.2, 0.25) is 0 Å². The number of hydrogen-bond acceptors (Lipinski definition) is 3. The summed E-state index contributed by atoms with van der Waals surface area (Å²) in [5.41, 5.74) is 0.709. The normalized spacial score (nSPS) is 18.6. The Labute approximate surface area is 170 Å². The number of nitrogens with zero attached hydrogens (tertiary/aromatic N) is 1. The lowest BCUT2D eigenvalue weighted by Gasteiger charge is -2.33. The van der Waals surface area contributed by atoms with Crippen molar-refractivity contribution in [1.29, 1.82) is 0 Å². The molecule has 1 atom stereocenters. The summed E-state index contributed by atoms with van der Waals surface area (Å²) in [5.74, 6) is -0.193. The Bertz CT molecular complexity index is 1030. The van der Waals surface area contributed by atoms with E-state index in [4.69, 9.17) is 4.74 Å². The smallest absolute Gasteiger partial charge is 0.410 e. The van der Waals surface area contributed by atoms with Gasteiger partial charge in [-0.25, -0.2) is 4.79 Å². The number of carbonyl (C=O) groups excluding carboxylic acids is 2. The summed E-state index contributed by atoms with van der Waals surface area (Å²) in [6, 6.07) is 23.3. The Balaban J connectivity index is 1.46. The van der Waals surface area contributed by atoms with Gasteiger partial charge in [-0.2, -0.15) is 0 Å². The van der Waals surface area contributed by atoms with Gasteiger partial charge in [0.05, 0.1) is 0 Å². The molecule has 1 fully saturated rings. The number of likely N-dealkylation sites (tertiary alicyclic amines) is 1. The third-order valence-corrected chi connectivity index (χ3v) is 5.56. The van der Waals surface area contributed by atoms with E-state index in [-0.39, 0.29) is 12.5 Å². The maximum Gasteiger partial charge on any atom is 0.410 e. The first-order valence-corrected chi connectivity index (χ1v) is 9.85. The van der Waals surface area contributed by atoms with Crippen LogP contribution in [0, 0.1) is 0 Å². The largest absolute Gasteiger partial charge is 0.445 e. The Kier molecular flexibility index (Phi) is 5.21. The third-order valence-electron chi connectivity index (χ3n) is 5.56. The van der Waals surface area contributed by atoms with E-state index in [0.717, 1.165) is 28.4 Å². The van der Waals surface area contributed by atoms with Crippen LogP contribution in [-0.2, 0) is 16.1 Å². The van der Waals surface area contributed by atoms with Crippen molar-refractivity contribution < 1.29 is 14.3 Å². The summed E-state index contributed by atoms with van der Waals surface area (Å²) < 4.78 is 5.47. The van der Waals surface area contributed by atoms with E-state index in [2.05, 4.69) is 5.32 Å². The fourth-order valence-electron chi connectivity index (χ4n) is 3.82. The third kappa shape index (κ3) is 3.94. The van der Waals surface area contributed by atoms with Crippen molar-refractivity contribution in [1.82, 2.24) is 4.90 Å². The van der Waals surface area contributed by atoms with Gasteiger partial charge in [0.2, 0.25) is 5.91 Å². The highest BCUT2D eigenvalue weighted by Crippen LogP contribution is 2.31. The van der Waals surface area contributed by atoms with E-state index in [1.165, 1.54) is 0 Å². The second-order valence-electron chi connectivity index (χ2n) is 7.59. The summed E-state index contributed by atoms with van der Waals surface area (Å²) in [5, 5.41) is 5.16. The van der Waals surface area contributed by atoms with E-state index in [1.807, 2.05) is 72.8 Å². The van der Waals surface area contributed by atoms with Crippen LogP contribution in [0.15, 0.2) is 72.8 Å². The van der Waals surface area contributed by atoms with Crippen molar-refractivity contribution in [2.24, 2.45) is 0 Å². The molecule has 0 radical (unpaired) electrons. The summed E-state index contributed by atoms with van der Waals surface area (Å²) in [6.45, 7) is 2.51. The predicted octanol–water partition coefficient (Wildman–Crippen LogP) is 4.97. The number of ether oxygens (including phenoxy) is 1. The van der Waals surface area contributed by atoms with Crippen LogP contribution in [0.1, 0.15) is 25.3 Å². The fourth-order valence-corrected chi connectivity index (χ4v) is 3.82. The maximum absolute atomic E-state index is 13.1. The number of rotatable bonds is 4. The number of anilines is 1. The van der Waals surface area contributed by atoms with Gasteiger partial charge in [-0.15, -0.1) is 0 Å². The topological polar surface area (TPSA) is 58.6 Å². The molecule has 0 saturated carbocycles. The molecule has 148 valence electrons. The number of nitrogens with one attached hydrogen (secondary N) is 1. The number of amides is 2. The SMILES string of the molecule is CC1(C(=O)Nc2ccc3ccccc3c2)CCCN1C(=O)OCc1ccccc1. The Morgan fingerprint density at radius 3 is 2.52 bits per heavy atom. The minimum Gasteiger partial charge on any atom is -0.445 e. The highest BCUT2D eigenvalue weighted by atomic mass is 16.6. The zero-order valence-electron chi connectivity index (χ0n) is 16.4. The predicted molar refractivity (Wildman–Crippen MR) is 114 cm³/mol. The number of hydrogen-bond donors (Lipinski definition) is 1. The first-order chi connectivity index (χ1) is 14.1. The Morgan fingerprint density at radius 2 is 1.72 bits per heavy atom. The maximum atomic E-state index is 13.1. The fraction of sp³-hybridized carbons (Fsp3) is 0.250. The summed E-state index contributed by atoms with van der Waals surface area (Å²) in [7, 11) is 0. The minimum absolute atomic E-state index is 0.193. The second kappa shape index (κ2) is 7.95. The van der Waals surface area contributed by atoms with Crippen LogP contribution < -0.4 is 5.32 Å². The molecule has 5 nitrogen and oxygen atoms in total. The molecule has 0 aliphatic carbocycles. The number of carbonyl (C=O) groups is 2. The second-order valence-corrected chi connectivity index (χ2v) is 7.59. The molecule has 1 heterocycles. The lowest BCUT2D eigenvalue weighted by Crippen LogP contribution is -2.53. The van der Waals surface area contributed by atoms with E-state index >= 15 is 0 Å². The minimum atomic E-state index is -0.931.